The summed E-state index contributed by atoms with van der Waals surface area (Å²) in [5.41, 5.74) is 0. The quantitative estimate of drug-likeness (QED) is 0.640. The summed E-state index contributed by atoms with van der Waals surface area (Å²) in [5.74, 6) is 0. The van der Waals surface area contributed by atoms with Crippen molar-refractivity contribution in [3.05, 3.63) is 0 Å². The molecule has 0 aromatic rings. The Bertz CT molecular complexity index is 96.2. The molecule has 0 atom stereocenters. The van der Waals surface area contributed by atoms with Crippen molar-refractivity contribution >= 4 is 30.2 Å². The second-order valence-corrected chi connectivity index (χ2v) is 12.5. The smallest absolute Gasteiger partial charge is 0.147 e. The van der Waals surface area contributed by atoms with Gasteiger partial charge in [-0.2, -0.15) is 22.4 Å². The molecule has 11 heavy (non-hydrogen) atoms. The van der Waals surface area contributed by atoms with Gasteiger partial charge >= 0.3 is 0 Å². The third kappa shape index (κ3) is 10.9. The Balaban J connectivity index is 3.44. The fourth-order valence-corrected chi connectivity index (χ4v) is 10.3. The molecule has 0 saturated heterocycles. The highest BCUT2D eigenvalue weighted by Crippen LogP contribution is 2.30. The largest absolute Gasteiger partial charge is 0.174 e. The monoisotopic (exact) mass is 208 g/mol. The van der Waals surface area contributed by atoms with Crippen LogP contribution < -0.4 is 0 Å². The fraction of sp³-hybridized carbons (Fsp3) is 1.00. The lowest BCUT2D eigenvalue weighted by molar-refractivity contribution is 0.808. The van der Waals surface area contributed by atoms with Crippen molar-refractivity contribution in [1.29, 1.82) is 0 Å². The van der Waals surface area contributed by atoms with Crippen molar-refractivity contribution in [2.24, 2.45) is 0 Å². The molecular weight excluding hydrogens is 188 g/mol. The van der Waals surface area contributed by atoms with E-state index in [1.54, 1.807) is 0 Å². The van der Waals surface area contributed by atoms with Crippen molar-refractivity contribution in [2.45, 2.75) is 51.0 Å². The van der Waals surface area contributed by atoms with Gasteiger partial charge in [0.1, 0.15) is 7.82 Å². The first kappa shape index (κ1) is 11.9. The van der Waals surface area contributed by atoms with Crippen LogP contribution in [0.15, 0.2) is 0 Å². The van der Waals surface area contributed by atoms with E-state index in [1.165, 1.54) is 0 Å². The molecule has 0 aromatic heterocycles. The van der Waals surface area contributed by atoms with E-state index in [4.69, 9.17) is 0 Å². The van der Waals surface area contributed by atoms with E-state index >= 15 is 0 Å². The first-order valence-corrected chi connectivity index (χ1v) is 9.42. The van der Waals surface area contributed by atoms with Gasteiger partial charge in [0.15, 0.2) is 0 Å². The van der Waals surface area contributed by atoms with Gasteiger partial charge in [0.25, 0.3) is 0 Å². The summed E-state index contributed by atoms with van der Waals surface area (Å²) >= 11 is 4.32. The van der Waals surface area contributed by atoms with Crippen molar-refractivity contribution in [2.75, 3.05) is 0 Å². The maximum atomic E-state index is 2.30. The Kier molecular flexibility index (Phi) is 4.59. The molecule has 0 heterocycles. The first-order chi connectivity index (χ1) is 4.71. The number of hydrogen-bond acceptors (Lipinski definition) is 2. The van der Waals surface area contributed by atoms with Crippen LogP contribution in [0.25, 0.3) is 0 Å². The highest BCUT2D eigenvalue weighted by Gasteiger charge is 2.14. The minimum atomic E-state index is 0.0363. The van der Waals surface area contributed by atoms with Gasteiger partial charge in [-0.25, -0.2) is 0 Å². The molecule has 0 aliphatic heterocycles. The van der Waals surface area contributed by atoms with Crippen LogP contribution in [0.4, 0.5) is 0 Å². The molecule has 3 heteroatoms. The van der Waals surface area contributed by atoms with Crippen molar-refractivity contribution in [3.63, 3.8) is 0 Å². The van der Waals surface area contributed by atoms with Gasteiger partial charge in [0.05, 0.1) is 0 Å². The molecule has 0 amide bonds. The second kappa shape index (κ2) is 4.24. The molecule has 0 radical (unpaired) electrons. The molecule has 0 nitrogen and oxygen atoms in total. The zero-order chi connectivity index (χ0) is 9.12. The Hall–Kier alpha value is 0.917. The van der Waals surface area contributed by atoms with Crippen LogP contribution in [0.3, 0.4) is 0 Å². The standard InChI is InChI=1S/C8H20S2Si/c1-7(2,3)9-11-10-8(4,5)6/h11H2,1-6H3. The van der Waals surface area contributed by atoms with E-state index in [0.29, 0.717) is 9.49 Å². The summed E-state index contributed by atoms with van der Waals surface area (Å²) in [5, 5.41) is 0. The average Bonchev–Trinajstić information content (AvgIpc) is 1.55. The minimum Gasteiger partial charge on any atom is -0.174 e. The maximum Gasteiger partial charge on any atom is 0.147 e. The summed E-state index contributed by atoms with van der Waals surface area (Å²) < 4.78 is 0.953. The van der Waals surface area contributed by atoms with E-state index in [9.17, 15) is 0 Å². The van der Waals surface area contributed by atoms with Crippen LogP contribution in [-0.2, 0) is 0 Å². The van der Waals surface area contributed by atoms with Gasteiger partial charge in [-0.1, -0.05) is 41.5 Å². The Morgan fingerprint density at radius 1 is 0.727 bits per heavy atom. The van der Waals surface area contributed by atoms with Gasteiger partial charge in [-0.05, 0) is 0 Å². The molecule has 0 rings (SSSR count). The second-order valence-electron chi connectivity index (χ2n) is 4.63. The van der Waals surface area contributed by atoms with Gasteiger partial charge in [-0.15, -0.1) is 0 Å². The van der Waals surface area contributed by atoms with Gasteiger partial charge < -0.3 is 0 Å². The maximum absolute atomic E-state index is 2.30. The normalized spacial score (nSPS) is 13.6. The predicted octanol–water partition coefficient (Wildman–Crippen LogP) is 3.05. The van der Waals surface area contributed by atoms with E-state index in [0.717, 1.165) is 0 Å². The Morgan fingerprint density at radius 3 is 1.18 bits per heavy atom. The molecular formula is C8H20S2Si. The van der Waals surface area contributed by atoms with Gasteiger partial charge in [0.2, 0.25) is 0 Å². The highest BCUT2D eigenvalue weighted by atomic mass is 32.6. The SMILES string of the molecule is CC(C)(C)S[SiH2]SC(C)(C)C. The van der Waals surface area contributed by atoms with Crippen LogP contribution in [0.5, 0.6) is 0 Å². The molecule has 0 aromatic carbocycles. The summed E-state index contributed by atoms with van der Waals surface area (Å²) in [6, 6.07) is 0. The summed E-state index contributed by atoms with van der Waals surface area (Å²) in [6.45, 7) is 13.8. The van der Waals surface area contributed by atoms with Gasteiger partial charge in [0, 0.05) is 9.49 Å². The lowest BCUT2D eigenvalue weighted by Gasteiger charge is -2.22. The topological polar surface area (TPSA) is 0 Å². The number of rotatable bonds is 2. The average molecular weight is 208 g/mol. The number of hydrogen-bond donors (Lipinski definition) is 0. The van der Waals surface area contributed by atoms with Crippen LogP contribution in [0.1, 0.15) is 41.5 Å². The van der Waals surface area contributed by atoms with E-state index in [2.05, 4.69) is 64.0 Å². The van der Waals surface area contributed by atoms with Gasteiger partial charge in [-0.3, -0.25) is 0 Å². The van der Waals surface area contributed by atoms with Crippen molar-refractivity contribution in [1.82, 2.24) is 0 Å². The van der Waals surface area contributed by atoms with E-state index in [1.807, 2.05) is 0 Å². The fourth-order valence-electron chi connectivity index (χ4n) is 0.383. The summed E-state index contributed by atoms with van der Waals surface area (Å²) in [6.07, 6.45) is 0. The molecule has 0 unspecified atom stereocenters. The Labute approximate surface area is 81.4 Å². The molecule has 0 aliphatic carbocycles. The Morgan fingerprint density at radius 2 is 1.00 bits per heavy atom. The van der Waals surface area contributed by atoms with Crippen LogP contribution in [-0.4, -0.2) is 17.3 Å². The van der Waals surface area contributed by atoms with E-state index in [-0.39, 0.29) is 7.82 Å². The molecule has 0 fully saturated rings. The lowest BCUT2D eigenvalue weighted by Crippen LogP contribution is -2.13. The third-order valence-electron chi connectivity index (χ3n) is 0.984. The minimum absolute atomic E-state index is 0.0363. The molecule has 0 saturated carbocycles. The highest BCUT2D eigenvalue weighted by molar-refractivity contribution is 8.51. The summed E-state index contributed by atoms with van der Waals surface area (Å²) in [4.78, 5) is 0. The van der Waals surface area contributed by atoms with Crippen LogP contribution in [0.2, 0.25) is 0 Å². The molecule has 0 N–H and O–H groups in total. The van der Waals surface area contributed by atoms with Crippen molar-refractivity contribution < 1.29 is 0 Å². The zero-order valence-electron chi connectivity index (χ0n) is 8.52. The van der Waals surface area contributed by atoms with Crippen molar-refractivity contribution in [3.8, 4) is 0 Å². The first-order valence-electron chi connectivity index (χ1n) is 3.99. The molecule has 0 spiro atoms. The lowest BCUT2D eigenvalue weighted by atomic mass is 10.3. The zero-order valence-corrected chi connectivity index (χ0v) is 11.6. The molecule has 68 valence electrons. The van der Waals surface area contributed by atoms with Crippen LogP contribution >= 0.6 is 22.4 Å². The molecule has 0 bridgehead atoms. The third-order valence-corrected chi connectivity index (χ3v) is 11.0. The summed E-state index contributed by atoms with van der Waals surface area (Å²) in [7, 11) is 0.0363. The molecule has 0 aliphatic rings. The van der Waals surface area contributed by atoms with E-state index < -0.39 is 0 Å². The van der Waals surface area contributed by atoms with Crippen LogP contribution in [0, 0.1) is 0 Å². The predicted molar refractivity (Wildman–Crippen MR) is 63.2 cm³/mol.